The largest absolute Gasteiger partial charge is 0.480 e. The molecule has 2 aliphatic carbocycles. The molecule has 2 N–H and O–H groups in total. The van der Waals surface area contributed by atoms with Crippen molar-refractivity contribution in [3.8, 4) is 11.1 Å². The number of fused-ring (bicyclic) bond motifs is 3. The summed E-state index contributed by atoms with van der Waals surface area (Å²) in [5, 5.41) is 12.3. The molecule has 5 nitrogen and oxygen atoms in total. The van der Waals surface area contributed by atoms with Gasteiger partial charge in [-0.05, 0) is 41.5 Å². The van der Waals surface area contributed by atoms with Gasteiger partial charge in [-0.15, -0.1) is 0 Å². The molecule has 2 aromatic rings. The number of nitrogens with one attached hydrogen (secondary N) is 1. The van der Waals surface area contributed by atoms with Crippen LogP contribution in [0.3, 0.4) is 0 Å². The molecule has 2 aromatic carbocycles. The summed E-state index contributed by atoms with van der Waals surface area (Å²) in [4.78, 5) is 24.0. The molecule has 2 atom stereocenters. The maximum absolute atomic E-state index is 12.4. The Kier molecular flexibility index (Phi) is 6.43. The van der Waals surface area contributed by atoms with Crippen molar-refractivity contribution in [3.63, 3.8) is 0 Å². The highest BCUT2D eigenvalue weighted by Crippen LogP contribution is 2.44. The summed E-state index contributed by atoms with van der Waals surface area (Å²) >= 11 is 1.56. The molecule has 0 heterocycles. The Balaban J connectivity index is 1.36. The van der Waals surface area contributed by atoms with Crippen LogP contribution in [0.25, 0.3) is 11.1 Å². The maximum Gasteiger partial charge on any atom is 0.407 e. The highest BCUT2D eigenvalue weighted by Gasteiger charge is 2.30. The van der Waals surface area contributed by atoms with Gasteiger partial charge < -0.3 is 15.2 Å². The number of aliphatic carboxylic acids is 1. The van der Waals surface area contributed by atoms with Gasteiger partial charge in [0.1, 0.15) is 12.6 Å². The SMILES string of the molecule is O=C(NC(CSC1C=CCCC1)C(=O)O)OCC1c2ccccc2-c2ccccc21. The molecular formula is C24H25NO4S. The van der Waals surface area contributed by atoms with Crippen molar-refractivity contribution in [2.24, 2.45) is 0 Å². The van der Waals surface area contributed by atoms with Crippen LogP contribution in [0.1, 0.15) is 36.3 Å². The van der Waals surface area contributed by atoms with Gasteiger partial charge in [0.15, 0.2) is 0 Å². The Morgan fingerprint density at radius 2 is 1.77 bits per heavy atom. The topological polar surface area (TPSA) is 75.6 Å². The van der Waals surface area contributed by atoms with E-state index in [-0.39, 0.29) is 12.5 Å². The van der Waals surface area contributed by atoms with Crippen LogP contribution >= 0.6 is 11.8 Å². The van der Waals surface area contributed by atoms with Gasteiger partial charge >= 0.3 is 12.1 Å². The van der Waals surface area contributed by atoms with Gasteiger partial charge in [-0.2, -0.15) is 11.8 Å². The summed E-state index contributed by atoms with van der Waals surface area (Å²) in [5.74, 6) is -0.780. The van der Waals surface area contributed by atoms with E-state index in [1.165, 1.54) is 0 Å². The van der Waals surface area contributed by atoms with Crippen LogP contribution in [0, 0.1) is 0 Å². The number of benzene rings is 2. The quantitative estimate of drug-likeness (QED) is 0.625. The minimum atomic E-state index is -1.05. The molecule has 1 amide bonds. The third-order valence-electron chi connectivity index (χ3n) is 5.62. The molecule has 2 unspecified atom stereocenters. The van der Waals surface area contributed by atoms with Crippen molar-refractivity contribution in [2.75, 3.05) is 12.4 Å². The number of thioether (sulfide) groups is 1. The van der Waals surface area contributed by atoms with E-state index in [2.05, 4.69) is 41.7 Å². The monoisotopic (exact) mass is 423 g/mol. The first kappa shape index (κ1) is 20.5. The Labute approximate surface area is 180 Å². The van der Waals surface area contributed by atoms with Crippen molar-refractivity contribution in [3.05, 3.63) is 71.8 Å². The molecule has 0 radical (unpaired) electrons. The number of carbonyl (C=O) groups is 2. The summed E-state index contributed by atoms with van der Waals surface area (Å²) in [7, 11) is 0. The number of carbonyl (C=O) groups excluding carboxylic acids is 1. The zero-order valence-electron chi connectivity index (χ0n) is 16.6. The Morgan fingerprint density at radius 3 is 2.37 bits per heavy atom. The molecule has 0 aliphatic heterocycles. The number of carboxylic acid groups (broad SMARTS) is 1. The van der Waals surface area contributed by atoms with E-state index in [1.807, 2.05) is 24.3 Å². The molecule has 2 aliphatic rings. The summed E-state index contributed by atoms with van der Waals surface area (Å²) < 4.78 is 5.48. The van der Waals surface area contributed by atoms with E-state index in [0.717, 1.165) is 41.5 Å². The first-order valence-corrected chi connectivity index (χ1v) is 11.3. The normalized spacial score (nSPS) is 18.3. The zero-order chi connectivity index (χ0) is 20.9. The minimum absolute atomic E-state index is 0.0480. The van der Waals surface area contributed by atoms with Crippen molar-refractivity contribution in [2.45, 2.75) is 36.5 Å². The molecule has 0 spiro atoms. The maximum atomic E-state index is 12.4. The van der Waals surface area contributed by atoms with Crippen LogP contribution in [-0.4, -0.2) is 40.8 Å². The summed E-state index contributed by atoms with van der Waals surface area (Å²) in [6.07, 6.45) is 6.81. The minimum Gasteiger partial charge on any atom is -0.480 e. The van der Waals surface area contributed by atoms with Gasteiger partial charge in [-0.25, -0.2) is 9.59 Å². The summed E-state index contributed by atoms with van der Waals surface area (Å²) in [6.45, 7) is 0.171. The van der Waals surface area contributed by atoms with Gasteiger partial charge in [0.25, 0.3) is 0 Å². The molecule has 0 aromatic heterocycles. The van der Waals surface area contributed by atoms with E-state index < -0.39 is 18.1 Å². The molecule has 0 saturated heterocycles. The third kappa shape index (κ3) is 4.54. The molecule has 30 heavy (non-hydrogen) atoms. The third-order valence-corrected chi connectivity index (χ3v) is 6.97. The summed E-state index contributed by atoms with van der Waals surface area (Å²) in [6, 6.07) is 15.2. The molecule has 6 heteroatoms. The van der Waals surface area contributed by atoms with Crippen molar-refractivity contribution in [1.82, 2.24) is 5.32 Å². The predicted molar refractivity (Wildman–Crippen MR) is 119 cm³/mol. The van der Waals surface area contributed by atoms with Crippen LogP contribution < -0.4 is 5.32 Å². The van der Waals surface area contributed by atoms with Gasteiger partial charge in [0.05, 0.1) is 0 Å². The number of amides is 1. The number of alkyl carbamates (subject to hydrolysis) is 1. The van der Waals surface area contributed by atoms with E-state index in [9.17, 15) is 14.7 Å². The fourth-order valence-electron chi connectivity index (χ4n) is 4.10. The van der Waals surface area contributed by atoms with E-state index in [1.54, 1.807) is 11.8 Å². The summed E-state index contributed by atoms with van der Waals surface area (Å²) in [5.41, 5.74) is 4.56. The van der Waals surface area contributed by atoms with E-state index >= 15 is 0 Å². The zero-order valence-corrected chi connectivity index (χ0v) is 17.4. The van der Waals surface area contributed by atoms with Crippen molar-refractivity contribution >= 4 is 23.8 Å². The second-order valence-corrected chi connectivity index (χ2v) is 8.86. The highest BCUT2D eigenvalue weighted by molar-refractivity contribution is 8.00. The van der Waals surface area contributed by atoms with Gasteiger partial charge in [0, 0.05) is 16.9 Å². The molecule has 4 rings (SSSR count). The number of hydrogen-bond acceptors (Lipinski definition) is 4. The van der Waals surface area contributed by atoms with Gasteiger partial charge in [-0.1, -0.05) is 60.7 Å². The fourth-order valence-corrected chi connectivity index (χ4v) is 5.32. The number of rotatable bonds is 7. The number of allylic oxidation sites excluding steroid dienone is 1. The molecule has 0 saturated carbocycles. The lowest BCUT2D eigenvalue weighted by Crippen LogP contribution is -2.43. The molecule has 156 valence electrons. The lowest BCUT2D eigenvalue weighted by molar-refractivity contribution is -0.138. The first-order valence-electron chi connectivity index (χ1n) is 10.3. The number of hydrogen-bond donors (Lipinski definition) is 2. The lowest BCUT2D eigenvalue weighted by Gasteiger charge is -2.20. The average molecular weight is 424 g/mol. The second kappa shape index (κ2) is 9.39. The van der Waals surface area contributed by atoms with Crippen LogP contribution in [0.15, 0.2) is 60.7 Å². The van der Waals surface area contributed by atoms with Crippen LogP contribution in [0.4, 0.5) is 4.79 Å². The highest BCUT2D eigenvalue weighted by atomic mass is 32.2. The van der Waals surface area contributed by atoms with Crippen LogP contribution in [0.5, 0.6) is 0 Å². The Hall–Kier alpha value is -2.73. The number of ether oxygens (including phenoxy) is 1. The second-order valence-electron chi connectivity index (χ2n) is 7.59. The Morgan fingerprint density at radius 1 is 1.10 bits per heavy atom. The number of carboxylic acids is 1. The average Bonchev–Trinajstić information content (AvgIpc) is 3.09. The van der Waals surface area contributed by atoms with Gasteiger partial charge in [0.2, 0.25) is 0 Å². The Bertz CT molecular complexity index is 912. The van der Waals surface area contributed by atoms with Crippen molar-refractivity contribution in [1.29, 1.82) is 0 Å². The first-order chi connectivity index (χ1) is 14.6. The van der Waals surface area contributed by atoms with Crippen molar-refractivity contribution < 1.29 is 19.4 Å². The molecule has 0 bridgehead atoms. The fraction of sp³-hybridized carbons (Fsp3) is 0.333. The van der Waals surface area contributed by atoms with E-state index in [0.29, 0.717) is 11.0 Å². The van der Waals surface area contributed by atoms with Crippen LogP contribution in [0.2, 0.25) is 0 Å². The van der Waals surface area contributed by atoms with Crippen LogP contribution in [-0.2, 0) is 9.53 Å². The lowest BCUT2D eigenvalue weighted by atomic mass is 9.98. The van der Waals surface area contributed by atoms with E-state index in [4.69, 9.17) is 4.74 Å². The molecule has 0 fully saturated rings. The van der Waals surface area contributed by atoms with Gasteiger partial charge in [-0.3, -0.25) is 0 Å². The molecular weight excluding hydrogens is 398 g/mol. The smallest absolute Gasteiger partial charge is 0.407 e. The standard InChI is InChI=1S/C24H25NO4S/c26-23(27)22(15-30-16-8-2-1-3-9-16)25-24(28)29-14-21-19-12-6-4-10-17(19)18-11-5-7-13-20(18)21/h2,4-8,10-13,16,21-22H,1,3,9,14-15H2,(H,25,28)(H,26,27). The predicted octanol–water partition coefficient (Wildman–Crippen LogP) is 4.82.